The molecule has 0 aliphatic carbocycles. The second-order valence-electron chi connectivity index (χ2n) is 3.98. The van der Waals surface area contributed by atoms with E-state index in [0.29, 0.717) is 12.8 Å². The molecule has 0 bridgehead atoms. The summed E-state index contributed by atoms with van der Waals surface area (Å²) in [7, 11) is 0. The van der Waals surface area contributed by atoms with Gasteiger partial charge in [-0.3, -0.25) is 4.79 Å². The van der Waals surface area contributed by atoms with Gasteiger partial charge in [-0.25, -0.2) is 4.39 Å². The summed E-state index contributed by atoms with van der Waals surface area (Å²) >= 11 is 0. The molecule has 1 saturated heterocycles. The van der Waals surface area contributed by atoms with E-state index in [0.717, 1.165) is 5.56 Å². The summed E-state index contributed by atoms with van der Waals surface area (Å²) in [6, 6.07) is 6.40. The van der Waals surface area contributed by atoms with Gasteiger partial charge in [-0.2, -0.15) is 0 Å². The molecule has 1 aliphatic heterocycles. The Hall–Kier alpha value is -1.42. The minimum Gasteiger partial charge on any atom is -0.481 e. The number of carboxylic acids is 1. The van der Waals surface area contributed by atoms with Gasteiger partial charge in [0.15, 0.2) is 0 Å². The number of carboxylic acid groups (broad SMARTS) is 1. The first-order chi connectivity index (χ1) is 7.65. The minimum absolute atomic E-state index is 0.0272. The van der Waals surface area contributed by atoms with Crippen LogP contribution in [0.5, 0.6) is 0 Å². The molecule has 1 aromatic carbocycles. The van der Waals surface area contributed by atoms with Gasteiger partial charge in [0.25, 0.3) is 0 Å². The number of halogens is 1. The number of benzene rings is 1. The van der Waals surface area contributed by atoms with E-state index >= 15 is 0 Å². The lowest BCUT2D eigenvalue weighted by Crippen LogP contribution is -2.02. The number of ether oxygens (including phenoxy) is 1. The smallest absolute Gasteiger partial charge is 0.303 e. The van der Waals surface area contributed by atoms with E-state index in [4.69, 9.17) is 9.84 Å². The molecular formula is C12H13FO3. The third-order valence-corrected chi connectivity index (χ3v) is 2.66. The summed E-state index contributed by atoms with van der Waals surface area (Å²) in [6.45, 7) is 0. The molecule has 0 unspecified atom stereocenters. The molecule has 16 heavy (non-hydrogen) atoms. The van der Waals surface area contributed by atoms with Crippen molar-refractivity contribution in [1.29, 1.82) is 0 Å². The number of hydrogen-bond acceptors (Lipinski definition) is 2. The predicted molar refractivity (Wildman–Crippen MR) is 55.6 cm³/mol. The fourth-order valence-corrected chi connectivity index (χ4v) is 1.77. The highest BCUT2D eigenvalue weighted by Crippen LogP contribution is 2.29. The van der Waals surface area contributed by atoms with E-state index in [2.05, 4.69) is 0 Å². The average Bonchev–Trinajstić information content (AvgIpc) is 2.93. The number of epoxide rings is 1. The summed E-state index contributed by atoms with van der Waals surface area (Å²) in [4.78, 5) is 10.3. The van der Waals surface area contributed by atoms with E-state index in [1.54, 1.807) is 6.07 Å². The molecular weight excluding hydrogens is 211 g/mol. The van der Waals surface area contributed by atoms with Crippen LogP contribution in [-0.2, 0) is 16.0 Å². The maximum atomic E-state index is 12.9. The van der Waals surface area contributed by atoms with Crippen molar-refractivity contribution in [2.75, 3.05) is 0 Å². The number of aliphatic carboxylic acids is 1. The number of hydrogen-bond donors (Lipinski definition) is 1. The molecule has 1 N–H and O–H groups in total. The molecule has 2 rings (SSSR count). The zero-order chi connectivity index (χ0) is 11.5. The van der Waals surface area contributed by atoms with Crippen LogP contribution in [0.25, 0.3) is 0 Å². The Labute approximate surface area is 92.9 Å². The third kappa shape index (κ3) is 3.03. The number of rotatable bonds is 5. The van der Waals surface area contributed by atoms with Gasteiger partial charge in [0.2, 0.25) is 0 Å². The second-order valence-corrected chi connectivity index (χ2v) is 3.98. The van der Waals surface area contributed by atoms with Gasteiger partial charge in [-0.05, 0) is 24.1 Å². The third-order valence-electron chi connectivity index (χ3n) is 2.66. The molecule has 1 fully saturated rings. The van der Waals surface area contributed by atoms with Gasteiger partial charge in [0.1, 0.15) is 5.82 Å². The highest BCUT2D eigenvalue weighted by Gasteiger charge is 2.38. The van der Waals surface area contributed by atoms with Crippen molar-refractivity contribution >= 4 is 5.97 Å². The Balaban J connectivity index is 1.78. The Morgan fingerprint density at radius 3 is 2.94 bits per heavy atom. The van der Waals surface area contributed by atoms with E-state index in [-0.39, 0.29) is 24.4 Å². The van der Waals surface area contributed by atoms with Gasteiger partial charge in [0.05, 0.1) is 12.2 Å². The topological polar surface area (TPSA) is 49.8 Å². The van der Waals surface area contributed by atoms with Gasteiger partial charge < -0.3 is 9.84 Å². The lowest BCUT2D eigenvalue weighted by molar-refractivity contribution is -0.137. The average molecular weight is 224 g/mol. The summed E-state index contributed by atoms with van der Waals surface area (Å²) in [5, 5.41) is 8.50. The first kappa shape index (κ1) is 11.1. The first-order valence-corrected chi connectivity index (χ1v) is 5.27. The van der Waals surface area contributed by atoms with Crippen molar-refractivity contribution in [2.45, 2.75) is 31.5 Å². The Kier molecular flexibility index (Phi) is 3.19. The first-order valence-electron chi connectivity index (χ1n) is 5.27. The van der Waals surface area contributed by atoms with Gasteiger partial charge in [0, 0.05) is 12.8 Å². The fourth-order valence-electron chi connectivity index (χ4n) is 1.77. The van der Waals surface area contributed by atoms with Gasteiger partial charge in [-0.1, -0.05) is 12.1 Å². The second kappa shape index (κ2) is 4.61. The molecule has 2 atom stereocenters. The van der Waals surface area contributed by atoms with Crippen LogP contribution in [0.3, 0.4) is 0 Å². The fraction of sp³-hybridized carbons (Fsp3) is 0.417. The lowest BCUT2D eigenvalue weighted by Gasteiger charge is -1.97. The Morgan fingerprint density at radius 2 is 2.25 bits per heavy atom. The quantitative estimate of drug-likeness (QED) is 0.778. The van der Waals surface area contributed by atoms with Crippen LogP contribution in [0.15, 0.2) is 24.3 Å². The van der Waals surface area contributed by atoms with E-state index < -0.39 is 5.97 Å². The normalized spacial score (nSPS) is 23.1. The van der Waals surface area contributed by atoms with Crippen LogP contribution in [0, 0.1) is 5.82 Å². The van der Waals surface area contributed by atoms with Crippen molar-refractivity contribution in [2.24, 2.45) is 0 Å². The molecule has 1 aromatic rings. The molecule has 0 aromatic heterocycles. The van der Waals surface area contributed by atoms with Crippen LogP contribution in [-0.4, -0.2) is 23.3 Å². The Morgan fingerprint density at radius 1 is 1.44 bits per heavy atom. The summed E-state index contributed by atoms with van der Waals surface area (Å²) in [5.74, 6) is -1.06. The monoisotopic (exact) mass is 224 g/mol. The standard InChI is InChI=1S/C12H13FO3/c13-9-3-1-2-8(6-9)7-11-10(16-11)4-5-12(14)15/h1-3,6,10-11H,4-5,7H2,(H,14,15)/t10-,11-/m1/s1. The maximum absolute atomic E-state index is 12.9. The number of carbonyl (C=O) groups is 1. The molecule has 1 aliphatic rings. The van der Waals surface area contributed by atoms with E-state index in [9.17, 15) is 9.18 Å². The van der Waals surface area contributed by atoms with Crippen molar-refractivity contribution in [3.8, 4) is 0 Å². The van der Waals surface area contributed by atoms with Crippen LogP contribution in [0.1, 0.15) is 18.4 Å². The van der Waals surface area contributed by atoms with Crippen molar-refractivity contribution in [3.63, 3.8) is 0 Å². The highest BCUT2D eigenvalue weighted by molar-refractivity contribution is 5.66. The molecule has 0 spiro atoms. The van der Waals surface area contributed by atoms with Gasteiger partial charge in [-0.15, -0.1) is 0 Å². The summed E-state index contributed by atoms with van der Waals surface area (Å²) in [5.41, 5.74) is 0.892. The zero-order valence-corrected chi connectivity index (χ0v) is 8.73. The predicted octanol–water partition coefficient (Wildman–Crippen LogP) is 2.00. The molecule has 4 heteroatoms. The van der Waals surface area contributed by atoms with Gasteiger partial charge >= 0.3 is 5.97 Å². The molecule has 0 radical (unpaired) electrons. The largest absolute Gasteiger partial charge is 0.481 e. The summed E-state index contributed by atoms with van der Waals surface area (Å²) in [6.07, 6.45) is 1.40. The molecule has 1 heterocycles. The zero-order valence-electron chi connectivity index (χ0n) is 8.73. The van der Waals surface area contributed by atoms with Crippen molar-refractivity contribution in [3.05, 3.63) is 35.6 Å². The molecule has 0 saturated carbocycles. The van der Waals surface area contributed by atoms with Crippen LogP contribution < -0.4 is 0 Å². The highest BCUT2D eigenvalue weighted by atomic mass is 19.1. The van der Waals surface area contributed by atoms with E-state index in [1.165, 1.54) is 12.1 Å². The lowest BCUT2D eigenvalue weighted by atomic mass is 10.1. The maximum Gasteiger partial charge on any atom is 0.303 e. The van der Waals surface area contributed by atoms with E-state index in [1.807, 2.05) is 6.07 Å². The molecule has 86 valence electrons. The summed E-state index contributed by atoms with van der Waals surface area (Å²) < 4.78 is 18.2. The molecule has 3 nitrogen and oxygen atoms in total. The van der Waals surface area contributed by atoms with Crippen LogP contribution in [0.2, 0.25) is 0 Å². The molecule has 0 amide bonds. The van der Waals surface area contributed by atoms with Crippen molar-refractivity contribution < 1.29 is 19.0 Å². The Bertz CT molecular complexity index is 392. The van der Waals surface area contributed by atoms with Crippen molar-refractivity contribution in [1.82, 2.24) is 0 Å². The van der Waals surface area contributed by atoms with Crippen LogP contribution >= 0.6 is 0 Å². The minimum atomic E-state index is -0.806. The van der Waals surface area contributed by atoms with Crippen LogP contribution in [0.4, 0.5) is 4.39 Å². The SMILES string of the molecule is O=C(O)CC[C@H]1O[C@@H]1Cc1cccc(F)c1.